The summed E-state index contributed by atoms with van der Waals surface area (Å²) in [6.45, 7) is 0. The Labute approximate surface area is 559 Å². The molecule has 0 atom stereocenters. The maximum Gasteiger partial charge on any atom is 0.416 e. The summed E-state index contributed by atoms with van der Waals surface area (Å²) >= 11 is 0. The molecule has 10 rings (SSSR count). The first-order valence-electron chi connectivity index (χ1n) is 29.3. The third kappa shape index (κ3) is 17.9. The second kappa shape index (κ2) is 28.9. The average Bonchev–Trinajstić information content (AvgIpc) is 0.757. The van der Waals surface area contributed by atoms with Crippen LogP contribution in [-0.4, -0.2) is 0 Å². The van der Waals surface area contributed by atoms with E-state index < -0.39 is 150 Å². The smallest absolute Gasteiger partial charge is 0.166 e. The van der Waals surface area contributed by atoms with Crippen LogP contribution in [0.1, 0.15) is 66.8 Å². The topological polar surface area (TPSA) is 0 Å². The first kappa shape index (κ1) is 74.9. The van der Waals surface area contributed by atoms with Gasteiger partial charge in [0.15, 0.2) is 0 Å². The lowest BCUT2D eigenvalue weighted by molar-refractivity contribution is -0.138. The fraction of sp³-hybridized carbons (Fsp3) is 0.167. The summed E-state index contributed by atoms with van der Waals surface area (Å²) < 4.78 is 356. The van der Waals surface area contributed by atoms with Crippen LogP contribution in [0.4, 0.5) is 105 Å². The molecule has 10 aromatic carbocycles. The third-order valence-corrected chi connectivity index (χ3v) is 25.8. The largest absolute Gasteiger partial charge is 0.416 e. The molecule has 0 bridgehead atoms. The molecule has 100 heavy (non-hydrogen) atoms. The van der Waals surface area contributed by atoms with Crippen molar-refractivity contribution in [2.45, 2.75) is 74.1 Å². The predicted octanol–water partition coefficient (Wildman–Crippen LogP) is 22.0. The minimum absolute atomic E-state index is 0.0832. The van der Waals surface area contributed by atoms with Crippen molar-refractivity contribution in [1.82, 2.24) is 0 Å². The average molecular weight is 1490 g/mol. The lowest BCUT2D eigenvalue weighted by Gasteiger charge is -2.30. The van der Waals surface area contributed by atoms with Crippen molar-refractivity contribution < 1.29 is 105 Å². The Morgan fingerprint density at radius 1 is 0.170 bits per heavy atom. The summed E-state index contributed by atoms with van der Waals surface area (Å²) in [5, 5.41) is -1.89. The first-order chi connectivity index (χ1) is 46.6. The van der Waals surface area contributed by atoms with Gasteiger partial charge in [-0.3, -0.25) is 0 Å². The van der Waals surface area contributed by atoms with Gasteiger partial charge in [-0.2, -0.15) is 105 Å². The van der Waals surface area contributed by atoms with Gasteiger partial charge in [0.1, 0.15) is 0 Å². The van der Waals surface area contributed by atoms with Gasteiger partial charge in [0.05, 0.1) is 44.5 Å². The number of benzene rings is 10. The Bertz CT molecular complexity index is 3760. The van der Waals surface area contributed by atoms with E-state index in [9.17, 15) is 105 Å². The highest BCUT2D eigenvalue weighted by Crippen LogP contribution is 2.53. The fourth-order valence-electron chi connectivity index (χ4n) is 11.3. The molecule has 0 aliphatic carbocycles. The van der Waals surface area contributed by atoms with E-state index in [4.69, 9.17) is 0 Å². The van der Waals surface area contributed by atoms with Crippen LogP contribution in [-0.2, 0) is 74.1 Å². The number of rotatable bonds is 17. The molecule has 522 valence electrons. The number of alkyl halides is 24. The van der Waals surface area contributed by atoms with Crippen LogP contribution in [0, 0.1) is 0 Å². The van der Waals surface area contributed by atoms with Crippen LogP contribution in [0.2, 0.25) is 0 Å². The Morgan fingerprint density at radius 2 is 0.290 bits per heavy atom. The molecule has 0 heterocycles. The van der Waals surface area contributed by atoms with Crippen molar-refractivity contribution in [3.05, 3.63) is 297 Å². The second-order valence-electron chi connectivity index (χ2n) is 22.6. The minimum Gasteiger partial charge on any atom is -0.166 e. The summed E-state index contributed by atoms with van der Waals surface area (Å²) in [5.41, 5.74) is -10.9. The van der Waals surface area contributed by atoms with Gasteiger partial charge in [-0.05, 0) is 205 Å². The zero-order valence-corrected chi connectivity index (χ0v) is 54.2. The van der Waals surface area contributed by atoms with E-state index in [1.165, 1.54) is 84.9 Å². The van der Waals surface area contributed by atoms with Gasteiger partial charge in [0, 0.05) is 24.6 Å². The van der Waals surface area contributed by atoms with Crippen molar-refractivity contribution in [3.8, 4) is 11.1 Å². The van der Waals surface area contributed by atoms with E-state index in [-0.39, 0.29) is 75.8 Å². The van der Waals surface area contributed by atoms with Crippen molar-refractivity contribution in [2.75, 3.05) is 0 Å². The normalized spacial score (nSPS) is 13.1. The van der Waals surface area contributed by atoms with Crippen LogP contribution >= 0.6 is 31.7 Å². The van der Waals surface area contributed by atoms with Gasteiger partial charge in [-0.15, -0.1) is 0 Å². The monoisotopic (exact) mass is 1490 g/mol. The molecule has 0 nitrogen and oxygen atoms in total. The highest BCUT2D eigenvalue weighted by molar-refractivity contribution is 7.73. The maximum atomic E-state index is 14.8. The van der Waals surface area contributed by atoms with E-state index in [0.29, 0.717) is 97.1 Å². The number of halogens is 24. The van der Waals surface area contributed by atoms with Gasteiger partial charge in [0.2, 0.25) is 0 Å². The highest BCUT2D eigenvalue weighted by Gasteiger charge is 2.40. The molecule has 0 fully saturated rings. The fourth-order valence-corrected chi connectivity index (χ4v) is 20.8. The predicted molar refractivity (Wildman–Crippen MR) is 343 cm³/mol. The van der Waals surface area contributed by atoms with Crippen molar-refractivity contribution in [1.29, 1.82) is 0 Å². The molecule has 0 amide bonds. The zero-order chi connectivity index (χ0) is 72.7. The SMILES string of the molecule is FC(F)(F)c1cccc(P(Cc2cccc(CP(c3cccc(C(F)(F)F)c3)c3cccc(C(F)(F)F)c3)c2-c2c(CP(c3cccc(C(F)(F)F)c3)c3cccc(C(F)(F)F)c3)cccc2CP(c2cccc(C(F)(F)F)c2)c2cccc(C(F)(F)F)c2)c2cccc(C(F)(F)F)c2)c1. The van der Waals surface area contributed by atoms with Crippen molar-refractivity contribution >= 4 is 74.1 Å². The lowest BCUT2D eigenvalue weighted by Crippen LogP contribution is -2.20. The summed E-state index contributed by atoms with van der Waals surface area (Å²) in [4.78, 5) is 0. The molecule has 0 saturated heterocycles. The maximum absolute atomic E-state index is 14.8. The quantitative estimate of drug-likeness (QED) is 0.0630. The molecule has 0 unspecified atom stereocenters. The van der Waals surface area contributed by atoms with Crippen LogP contribution in [0.5, 0.6) is 0 Å². The molecule has 0 aliphatic heterocycles. The molecule has 0 aromatic heterocycles. The Balaban J connectivity index is 1.36. The van der Waals surface area contributed by atoms with E-state index >= 15 is 0 Å². The summed E-state index contributed by atoms with van der Waals surface area (Å²) in [7, 11) is -10.5. The summed E-state index contributed by atoms with van der Waals surface area (Å²) in [5.74, 6) is 0. The van der Waals surface area contributed by atoms with Crippen molar-refractivity contribution in [3.63, 3.8) is 0 Å². The van der Waals surface area contributed by atoms with Gasteiger partial charge >= 0.3 is 49.4 Å². The van der Waals surface area contributed by atoms with Crippen LogP contribution in [0.25, 0.3) is 11.1 Å². The van der Waals surface area contributed by atoms with Gasteiger partial charge in [-0.25, -0.2) is 0 Å². The standard InChI is InChI=1S/C72H46F24P4/c73-65(74,75)47-15-3-23-55(31-47)97(56-24-4-16-48(32-56)66(76,77)78)39-43-11-1-12-44(40-98(57-25-5-17-49(33-57)67(79,80)81)58-26-6-18-50(34-58)68(82,83)84)63(43)64-45(41-99(59-27-7-19-51(35-59)69(85,86)87)60-28-8-20-52(36-60)70(88,89)90)13-2-14-46(64)42-100(61-29-9-21-53(37-61)71(91,92)93)62-30-10-22-54(38-62)72(94,95)96/h1-38H,39-42H2. The molecule has 0 aliphatic rings. The van der Waals surface area contributed by atoms with Gasteiger partial charge < -0.3 is 0 Å². The molecular formula is C72H46F24P4. The number of hydrogen-bond donors (Lipinski definition) is 0. The third-order valence-electron chi connectivity index (χ3n) is 15.9. The Hall–Kier alpha value is -7.76. The second-order valence-corrected chi connectivity index (χ2v) is 31.5. The van der Waals surface area contributed by atoms with E-state index in [1.807, 2.05) is 0 Å². The van der Waals surface area contributed by atoms with Crippen LogP contribution in [0.15, 0.2) is 231 Å². The van der Waals surface area contributed by atoms with E-state index in [2.05, 4.69) is 0 Å². The van der Waals surface area contributed by atoms with Crippen molar-refractivity contribution in [2.24, 2.45) is 0 Å². The first-order valence-corrected chi connectivity index (χ1v) is 35.4. The minimum atomic E-state index is -5.09. The van der Waals surface area contributed by atoms with Gasteiger partial charge in [-0.1, -0.05) is 133 Å². The number of hydrogen-bond acceptors (Lipinski definition) is 0. The Kier molecular flexibility index (Phi) is 21.7. The molecule has 0 spiro atoms. The molecule has 28 heteroatoms. The van der Waals surface area contributed by atoms with Crippen LogP contribution < -0.4 is 42.4 Å². The van der Waals surface area contributed by atoms with E-state index in [0.717, 1.165) is 48.5 Å². The van der Waals surface area contributed by atoms with Crippen LogP contribution in [0.3, 0.4) is 0 Å². The zero-order valence-electron chi connectivity index (χ0n) is 50.6. The molecular weight excluding hydrogens is 1440 g/mol. The highest BCUT2D eigenvalue weighted by atomic mass is 31.1. The molecule has 10 aromatic rings. The lowest BCUT2D eigenvalue weighted by atomic mass is 9.89. The molecule has 0 radical (unpaired) electrons. The Morgan fingerprint density at radius 3 is 0.410 bits per heavy atom. The molecule has 0 saturated carbocycles. The van der Waals surface area contributed by atoms with E-state index in [1.54, 1.807) is 0 Å². The van der Waals surface area contributed by atoms with Gasteiger partial charge in [0.25, 0.3) is 0 Å². The molecule has 0 N–H and O–H groups in total. The summed E-state index contributed by atoms with van der Waals surface area (Å²) in [6.07, 6.45) is -43.3. The summed E-state index contributed by atoms with van der Waals surface area (Å²) in [6, 6.07) is 35.8.